The third-order valence-electron chi connectivity index (χ3n) is 2.40. The molecule has 1 rings (SSSR count). The highest BCUT2D eigenvalue weighted by Crippen LogP contribution is 2.17. The van der Waals surface area contributed by atoms with Gasteiger partial charge in [0, 0.05) is 0 Å². The Kier molecular flexibility index (Phi) is 5.77. The van der Waals surface area contributed by atoms with Gasteiger partial charge in [0.1, 0.15) is 23.4 Å². The first kappa shape index (κ1) is 16.5. The average Bonchev–Trinajstić information content (AvgIpc) is 2.42. The van der Waals surface area contributed by atoms with Crippen molar-refractivity contribution in [1.82, 2.24) is 5.32 Å². The molecule has 0 aromatic heterocycles. The number of amides is 2. The van der Waals surface area contributed by atoms with Gasteiger partial charge in [0.2, 0.25) is 0 Å². The predicted octanol–water partition coefficient (Wildman–Crippen LogP) is 0.971. The van der Waals surface area contributed by atoms with E-state index in [0.717, 1.165) is 18.2 Å². The van der Waals surface area contributed by atoms with Crippen molar-refractivity contribution in [2.45, 2.75) is 19.9 Å². The minimum absolute atomic E-state index is 0.117. The molecular weight excluding hydrogens is 286 g/mol. The van der Waals surface area contributed by atoms with Gasteiger partial charge in [-0.2, -0.15) is 0 Å². The molecule has 114 valence electrons. The van der Waals surface area contributed by atoms with Crippen molar-refractivity contribution in [1.29, 1.82) is 0 Å². The number of hydrogen-bond donors (Lipinski definition) is 2. The normalized spacial score (nSPS) is 11.4. The van der Waals surface area contributed by atoms with Gasteiger partial charge < -0.3 is 15.4 Å². The van der Waals surface area contributed by atoms with E-state index in [-0.39, 0.29) is 6.61 Å². The summed E-state index contributed by atoms with van der Waals surface area (Å²) in [6.45, 7) is 3.01. The molecule has 1 aromatic rings. The summed E-state index contributed by atoms with van der Waals surface area (Å²) in [5.74, 6) is -5.27. The number of rotatable bonds is 4. The van der Waals surface area contributed by atoms with Crippen molar-refractivity contribution in [3.8, 4) is 0 Å². The van der Waals surface area contributed by atoms with Gasteiger partial charge in [-0.15, -0.1) is 0 Å². The second kappa shape index (κ2) is 7.32. The zero-order valence-corrected chi connectivity index (χ0v) is 11.4. The Labute approximate surface area is 119 Å². The van der Waals surface area contributed by atoms with E-state index in [1.165, 1.54) is 6.92 Å². The van der Waals surface area contributed by atoms with Crippen LogP contribution in [0.1, 0.15) is 13.8 Å². The lowest BCUT2D eigenvalue weighted by Crippen LogP contribution is -2.44. The van der Waals surface area contributed by atoms with Gasteiger partial charge in [0.15, 0.2) is 0 Å². The van der Waals surface area contributed by atoms with Crippen LogP contribution in [0.25, 0.3) is 0 Å². The Hall–Kier alpha value is -2.51. The van der Waals surface area contributed by atoms with Gasteiger partial charge in [0.25, 0.3) is 0 Å². The molecule has 0 saturated carbocycles. The molecule has 0 saturated heterocycles. The number of carbonyl (C=O) groups is 3. The van der Waals surface area contributed by atoms with E-state index in [2.05, 4.69) is 10.1 Å². The topological polar surface area (TPSA) is 84.5 Å². The first-order valence-corrected chi connectivity index (χ1v) is 6.09. The number of anilines is 1. The number of ether oxygens (including phenoxy) is 1. The van der Waals surface area contributed by atoms with Crippen molar-refractivity contribution in [3.63, 3.8) is 0 Å². The van der Waals surface area contributed by atoms with E-state index in [0.29, 0.717) is 0 Å². The van der Waals surface area contributed by atoms with Gasteiger partial charge in [-0.05, 0) is 26.0 Å². The predicted molar refractivity (Wildman–Crippen MR) is 69.2 cm³/mol. The summed E-state index contributed by atoms with van der Waals surface area (Å²) in [5, 5.41) is 3.85. The van der Waals surface area contributed by atoms with E-state index in [1.54, 1.807) is 12.2 Å². The second-order valence-electron chi connectivity index (χ2n) is 4.00. The minimum Gasteiger partial charge on any atom is -0.464 e. The zero-order valence-electron chi connectivity index (χ0n) is 11.4. The van der Waals surface area contributed by atoms with Gasteiger partial charge in [-0.3, -0.25) is 9.59 Å². The van der Waals surface area contributed by atoms with Crippen LogP contribution in [0.5, 0.6) is 0 Å². The summed E-state index contributed by atoms with van der Waals surface area (Å²) in [5.41, 5.74) is -0.735. The molecule has 21 heavy (non-hydrogen) atoms. The maximum Gasteiger partial charge on any atom is 0.328 e. The molecule has 0 aliphatic heterocycles. The molecule has 1 aromatic carbocycles. The van der Waals surface area contributed by atoms with Crippen LogP contribution in [-0.4, -0.2) is 30.4 Å². The number of carbonyl (C=O) groups excluding carboxylic acids is 3. The zero-order chi connectivity index (χ0) is 16.0. The number of benzene rings is 1. The lowest BCUT2D eigenvalue weighted by molar-refractivity contribution is -0.147. The lowest BCUT2D eigenvalue weighted by Gasteiger charge is -2.12. The van der Waals surface area contributed by atoms with Gasteiger partial charge in [-0.25, -0.2) is 13.6 Å². The molecule has 0 spiro atoms. The first-order valence-electron chi connectivity index (χ1n) is 6.09. The molecule has 8 heteroatoms. The molecule has 0 aliphatic carbocycles. The summed E-state index contributed by atoms with van der Waals surface area (Å²) in [6.07, 6.45) is 0. The van der Waals surface area contributed by atoms with Gasteiger partial charge in [0.05, 0.1) is 6.61 Å². The van der Waals surface area contributed by atoms with E-state index in [9.17, 15) is 23.2 Å². The second-order valence-corrected chi connectivity index (χ2v) is 4.00. The van der Waals surface area contributed by atoms with Crippen LogP contribution >= 0.6 is 0 Å². The molecule has 0 unspecified atom stereocenters. The largest absolute Gasteiger partial charge is 0.464 e. The number of hydrogen-bond acceptors (Lipinski definition) is 4. The summed E-state index contributed by atoms with van der Waals surface area (Å²) in [4.78, 5) is 34.3. The quantitative estimate of drug-likeness (QED) is 0.641. The number of nitrogens with one attached hydrogen (secondary N) is 2. The molecule has 6 nitrogen and oxygen atoms in total. The fraction of sp³-hybridized carbons (Fsp3) is 0.308. The number of halogens is 2. The number of esters is 1. The van der Waals surface area contributed by atoms with Gasteiger partial charge in [-0.1, -0.05) is 6.07 Å². The molecule has 2 N–H and O–H groups in total. The Morgan fingerprint density at radius 2 is 1.76 bits per heavy atom. The number of para-hydroxylation sites is 1. The molecule has 0 heterocycles. The van der Waals surface area contributed by atoms with Crippen molar-refractivity contribution in [3.05, 3.63) is 29.8 Å². The molecule has 0 radical (unpaired) electrons. The maximum atomic E-state index is 13.3. The molecule has 0 aliphatic rings. The third-order valence-corrected chi connectivity index (χ3v) is 2.40. The molecular formula is C13H14F2N2O4. The standard InChI is InChI=1S/C13H14F2N2O4/c1-3-21-13(20)7(2)16-11(18)12(19)17-10-8(14)5-4-6-9(10)15/h4-7H,3H2,1-2H3,(H,16,18)(H,17,19)/t7-/m0/s1. The molecule has 1 atom stereocenters. The van der Waals surface area contributed by atoms with E-state index in [4.69, 9.17) is 0 Å². The maximum absolute atomic E-state index is 13.3. The SMILES string of the molecule is CCOC(=O)[C@H](C)NC(=O)C(=O)Nc1c(F)cccc1F. The van der Waals surface area contributed by atoms with Crippen LogP contribution in [0.15, 0.2) is 18.2 Å². The first-order chi connectivity index (χ1) is 9.86. The highest BCUT2D eigenvalue weighted by molar-refractivity contribution is 6.40. The van der Waals surface area contributed by atoms with E-state index < -0.39 is 41.1 Å². The van der Waals surface area contributed by atoms with Crippen molar-refractivity contribution >= 4 is 23.5 Å². The fourth-order valence-corrected chi connectivity index (χ4v) is 1.38. The summed E-state index contributed by atoms with van der Waals surface area (Å²) in [7, 11) is 0. The lowest BCUT2D eigenvalue weighted by atomic mass is 10.3. The highest BCUT2D eigenvalue weighted by Gasteiger charge is 2.23. The minimum atomic E-state index is -1.30. The monoisotopic (exact) mass is 300 g/mol. The van der Waals surface area contributed by atoms with Crippen LogP contribution in [-0.2, 0) is 19.1 Å². The Morgan fingerprint density at radius 3 is 2.29 bits per heavy atom. The Balaban J connectivity index is 2.67. The fourth-order valence-electron chi connectivity index (χ4n) is 1.38. The highest BCUT2D eigenvalue weighted by atomic mass is 19.1. The Morgan fingerprint density at radius 1 is 1.19 bits per heavy atom. The molecule has 0 fully saturated rings. The van der Waals surface area contributed by atoms with Crippen molar-refractivity contribution in [2.24, 2.45) is 0 Å². The summed E-state index contributed by atoms with van der Waals surface area (Å²) < 4.78 is 31.2. The van der Waals surface area contributed by atoms with Crippen LogP contribution in [0, 0.1) is 11.6 Å². The average molecular weight is 300 g/mol. The van der Waals surface area contributed by atoms with Gasteiger partial charge >= 0.3 is 17.8 Å². The van der Waals surface area contributed by atoms with Crippen molar-refractivity contribution < 1.29 is 27.9 Å². The molecule has 0 bridgehead atoms. The van der Waals surface area contributed by atoms with E-state index >= 15 is 0 Å². The summed E-state index contributed by atoms with van der Waals surface area (Å²) >= 11 is 0. The van der Waals surface area contributed by atoms with Crippen molar-refractivity contribution in [2.75, 3.05) is 11.9 Å². The third kappa shape index (κ3) is 4.51. The van der Waals surface area contributed by atoms with E-state index in [1.807, 2.05) is 0 Å². The summed E-state index contributed by atoms with van der Waals surface area (Å²) in [6, 6.07) is 1.91. The van der Waals surface area contributed by atoms with Crippen LogP contribution in [0.4, 0.5) is 14.5 Å². The van der Waals surface area contributed by atoms with Crippen LogP contribution < -0.4 is 10.6 Å². The van der Waals surface area contributed by atoms with Crippen LogP contribution in [0.3, 0.4) is 0 Å². The smallest absolute Gasteiger partial charge is 0.328 e. The van der Waals surface area contributed by atoms with Crippen LogP contribution in [0.2, 0.25) is 0 Å². The molecule has 2 amide bonds. The Bertz CT molecular complexity index is 543.